The Balaban J connectivity index is 2.61. The number of aryl methyl sites for hydroxylation is 1. The van der Waals surface area contributed by atoms with Crippen molar-refractivity contribution in [3.63, 3.8) is 0 Å². The summed E-state index contributed by atoms with van der Waals surface area (Å²) in [6, 6.07) is 3.72. The maximum atomic E-state index is 11.6. The van der Waals surface area contributed by atoms with E-state index in [2.05, 4.69) is 21.2 Å². The lowest BCUT2D eigenvalue weighted by atomic mass is 10.1. The van der Waals surface area contributed by atoms with Crippen LogP contribution in [0.25, 0.3) is 0 Å². The van der Waals surface area contributed by atoms with Gasteiger partial charge in [-0.25, -0.2) is 0 Å². The fourth-order valence-corrected chi connectivity index (χ4v) is 2.24. The van der Waals surface area contributed by atoms with Crippen molar-refractivity contribution in [3.05, 3.63) is 22.2 Å². The number of rotatable bonds is 8. The van der Waals surface area contributed by atoms with Gasteiger partial charge in [-0.3, -0.25) is 4.79 Å². The lowest BCUT2D eigenvalue weighted by Crippen LogP contribution is -2.27. The molecule has 0 bridgehead atoms. The van der Waals surface area contributed by atoms with Crippen LogP contribution in [0.15, 0.2) is 16.6 Å². The molecule has 1 rings (SSSR count). The molecule has 0 spiro atoms. The molecule has 1 aromatic rings. The summed E-state index contributed by atoms with van der Waals surface area (Å²) < 4.78 is 16.3. The first kappa shape index (κ1) is 16.8. The van der Waals surface area contributed by atoms with Gasteiger partial charge in [0, 0.05) is 24.5 Å². The molecule has 1 N–H and O–H groups in total. The zero-order valence-electron chi connectivity index (χ0n) is 12.0. The molecule has 20 heavy (non-hydrogen) atoms. The van der Waals surface area contributed by atoms with Gasteiger partial charge in [-0.2, -0.15) is 0 Å². The summed E-state index contributed by atoms with van der Waals surface area (Å²) >= 11 is 3.48. The van der Waals surface area contributed by atoms with E-state index in [0.29, 0.717) is 37.5 Å². The lowest BCUT2D eigenvalue weighted by Gasteiger charge is -2.12. The lowest BCUT2D eigenvalue weighted by molar-refractivity contribution is -0.121. The number of nitrogens with one attached hydrogen (secondary N) is 1. The van der Waals surface area contributed by atoms with Crippen molar-refractivity contribution in [2.75, 3.05) is 34.5 Å². The van der Waals surface area contributed by atoms with Crippen LogP contribution in [0.4, 0.5) is 0 Å². The van der Waals surface area contributed by atoms with Crippen molar-refractivity contribution >= 4 is 21.8 Å². The van der Waals surface area contributed by atoms with Gasteiger partial charge in [0.2, 0.25) is 5.91 Å². The van der Waals surface area contributed by atoms with Gasteiger partial charge >= 0.3 is 0 Å². The fourth-order valence-electron chi connectivity index (χ4n) is 1.72. The van der Waals surface area contributed by atoms with E-state index in [4.69, 9.17) is 14.2 Å². The van der Waals surface area contributed by atoms with Crippen LogP contribution in [-0.2, 0) is 16.0 Å². The highest BCUT2D eigenvalue weighted by Gasteiger charge is 2.11. The van der Waals surface area contributed by atoms with E-state index in [1.165, 1.54) is 0 Å². The third-order valence-corrected chi connectivity index (χ3v) is 3.54. The molecule has 0 atom stereocenters. The maximum absolute atomic E-state index is 11.6. The molecule has 1 amide bonds. The largest absolute Gasteiger partial charge is 0.493 e. The summed E-state index contributed by atoms with van der Waals surface area (Å²) in [6.45, 7) is 1.05. The first-order valence-electron chi connectivity index (χ1n) is 6.28. The van der Waals surface area contributed by atoms with Gasteiger partial charge in [0.1, 0.15) is 0 Å². The number of halogens is 1. The number of amides is 1. The number of hydrogen-bond donors (Lipinski definition) is 1. The van der Waals surface area contributed by atoms with Crippen LogP contribution in [0.5, 0.6) is 11.5 Å². The van der Waals surface area contributed by atoms with Crippen molar-refractivity contribution in [1.82, 2.24) is 5.32 Å². The molecule has 0 aliphatic heterocycles. The first-order valence-corrected chi connectivity index (χ1v) is 7.07. The molecule has 112 valence electrons. The molecular weight excluding hydrogens is 326 g/mol. The third-order valence-electron chi connectivity index (χ3n) is 2.80. The Labute approximate surface area is 127 Å². The van der Waals surface area contributed by atoms with Gasteiger partial charge in [-0.1, -0.05) is 15.9 Å². The predicted molar refractivity (Wildman–Crippen MR) is 80.5 cm³/mol. The van der Waals surface area contributed by atoms with E-state index in [-0.39, 0.29) is 5.91 Å². The molecule has 0 fully saturated rings. The summed E-state index contributed by atoms with van der Waals surface area (Å²) in [7, 11) is 4.78. The Morgan fingerprint density at radius 2 is 1.85 bits per heavy atom. The summed E-state index contributed by atoms with van der Waals surface area (Å²) in [4.78, 5) is 11.6. The Morgan fingerprint density at radius 1 is 1.20 bits per heavy atom. The molecule has 0 aliphatic carbocycles. The summed E-state index contributed by atoms with van der Waals surface area (Å²) in [5.41, 5.74) is 1.00. The zero-order valence-corrected chi connectivity index (χ0v) is 13.6. The minimum absolute atomic E-state index is 0.00346. The van der Waals surface area contributed by atoms with Crippen molar-refractivity contribution in [1.29, 1.82) is 0 Å². The topological polar surface area (TPSA) is 56.8 Å². The second-order valence-electron chi connectivity index (χ2n) is 4.14. The van der Waals surface area contributed by atoms with Gasteiger partial charge in [0.05, 0.1) is 20.8 Å². The standard InChI is InChI=1S/C14H20BrNO4/c1-18-7-6-16-14(17)5-4-10-8-12(19-2)13(20-3)9-11(10)15/h8-9H,4-7H2,1-3H3,(H,16,17). The average Bonchev–Trinajstić information content (AvgIpc) is 2.45. The second kappa shape index (κ2) is 8.81. The van der Waals surface area contributed by atoms with E-state index in [9.17, 15) is 4.79 Å². The average molecular weight is 346 g/mol. The summed E-state index contributed by atoms with van der Waals surface area (Å²) in [5, 5.41) is 2.79. The Hall–Kier alpha value is -1.27. The van der Waals surface area contributed by atoms with Crippen molar-refractivity contribution < 1.29 is 19.0 Å². The highest BCUT2D eigenvalue weighted by molar-refractivity contribution is 9.10. The van der Waals surface area contributed by atoms with Crippen molar-refractivity contribution in [3.8, 4) is 11.5 Å². The minimum Gasteiger partial charge on any atom is -0.493 e. The molecular formula is C14H20BrNO4. The quantitative estimate of drug-likeness (QED) is 0.733. The number of benzene rings is 1. The van der Waals surface area contributed by atoms with Crippen LogP contribution in [0, 0.1) is 0 Å². The van der Waals surface area contributed by atoms with Gasteiger partial charge in [-0.05, 0) is 24.1 Å². The maximum Gasteiger partial charge on any atom is 0.220 e. The van der Waals surface area contributed by atoms with Crippen LogP contribution in [0.1, 0.15) is 12.0 Å². The molecule has 0 heterocycles. The van der Waals surface area contributed by atoms with Crippen LogP contribution >= 0.6 is 15.9 Å². The van der Waals surface area contributed by atoms with Crippen LogP contribution in [0.2, 0.25) is 0 Å². The third kappa shape index (κ3) is 5.02. The van der Waals surface area contributed by atoms with E-state index in [1.54, 1.807) is 21.3 Å². The molecule has 0 saturated heterocycles. The molecule has 0 unspecified atom stereocenters. The highest BCUT2D eigenvalue weighted by atomic mass is 79.9. The van der Waals surface area contributed by atoms with Gasteiger partial charge < -0.3 is 19.5 Å². The SMILES string of the molecule is COCCNC(=O)CCc1cc(OC)c(OC)cc1Br. The van der Waals surface area contributed by atoms with E-state index < -0.39 is 0 Å². The molecule has 5 nitrogen and oxygen atoms in total. The van der Waals surface area contributed by atoms with E-state index in [0.717, 1.165) is 10.0 Å². The number of hydrogen-bond acceptors (Lipinski definition) is 4. The first-order chi connectivity index (χ1) is 9.62. The van der Waals surface area contributed by atoms with Gasteiger partial charge in [-0.15, -0.1) is 0 Å². The number of ether oxygens (including phenoxy) is 3. The Bertz CT molecular complexity index is 451. The molecule has 0 saturated carbocycles. The number of methoxy groups -OCH3 is 3. The van der Waals surface area contributed by atoms with E-state index in [1.807, 2.05) is 12.1 Å². The summed E-state index contributed by atoms with van der Waals surface area (Å²) in [6.07, 6.45) is 1.04. The monoisotopic (exact) mass is 345 g/mol. The molecule has 0 aliphatic rings. The smallest absolute Gasteiger partial charge is 0.220 e. The fraction of sp³-hybridized carbons (Fsp3) is 0.500. The van der Waals surface area contributed by atoms with Gasteiger partial charge in [0.15, 0.2) is 11.5 Å². The Kier molecular flexibility index (Phi) is 7.40. The van der Waals surface area contributed by atoms with Crippen LogP contribution in [-0.4, -0.2) is 40.4 Å². The van der Waals surface area contributed by atoms with E-state index >= 15 is 0 Å². The van der Waals surface area contributed by atoms with Crippen molar-refractivity contribution in [2.45, 2.75) is 12.8 Å². The Morgan fingerprint density at radius 3 is 2.45 bits per heavy atom. The van der Waals surface area contributed by atoms with Gasteiger partial charge in [0.25, 0.3) is 0 Å². The van der Waals surface area contributed by atoms with Crippen molar-refractivity contribution in [2.24, 2.45) is 0 Å². The van der Waals surface area contributed by atoms with Crippen LogP contribution in [0.3, 0.4) is 0 Å². The minimum atomic E-state index is 0.00346. The summed E-state index contributed by atoms with van der Waals surface area (Å²) in [5.74, 6) is 1.32. The molecule has 1 aromatic carbocycles. The number of carbonyl (C=O) groups excluding carboxylic acids is 1. The zero-order chi connectivity index (χ0) is 15.0. The number of carbonyl (C=O) groups is 1. The molecule has 0 radical (unpaired) electrons. The normalized spacial score (nSPS) is 10.2. The van der Waals surface area contributed by atoms with Crippen LogP contribution < -0.4 is 14.8 Å². The highest BCUT2D eigenvalue weighted by Crippen LogP contribution is 2.33. The molecule has 6 heteroatoms. The second-order valence-corrected chi connectivity index (χ2v) is 5.00. The predicted octanol–water partition coefficient (Wildman–Crippen LogP) is 2.16. The molecule has 0 aromatic heterocycles.